The zero-order valence-corrected chi connectivity index (χ0v) is 15.0. The summed E-state index contributed by atoms with van der Waals surface area (Å²) in [6.07, 6.45) is 4.19. The zero-order chi connectivity index (χ0) is 19.1. The Bertz CT molecular complexity index is 1340. The SMILES string of the molecule is N#Cc1ccc(NC(=N)Nc2ccc3cccc4c3c2C=C4)c2ccccc12. The van der Waals surface area contributed by atoms with Crippen LogP contribution in [-0.4, -0.2) is 5.96 Å². The summed E-state index contributed by atoms with van der Waals surface area (Å²) in [5.74, 6) is 0.184. The van der Waals surface area contributed by atoms with Gasteiger partial charge in [0.25, 0.3) is 0 Å². The maximum Gasteiger partial charge on any atom is 0.197 e. The number of nitriles is 1. The second kappa shape index (κ2) is 6.26. The molecule has 28 heavy (non-hydrogen) atoms. The smallest absolute Gasteiger partial charge is 0.197 e. The molecule has 0 spiro atoms. The van der Waals surface area contributed by atoms with Gasteiger partial charge in [-0.05, 0) is 34.5 Å². The van der Waals surface area contributed by atoms with Crippen molar-refractivity contribution in [3.63, 3.8) is 0 Å². The molecule has 3 N–H and O–H groups in total. The number of rotatable bonds is 2. The third-order valence-corrected chi connectivity index (χ3v) is 5.11. The molecule has 0 amide bonds. The molecule has 4 heteroatoms. The second-order valence-electron chi connectivity index (χ2n) is 6.75. The minimum atomic E-state index is 0.184. The quantitative estimate of drug-likeness (QED) is 0.275. The highest BCUT2D eigenvalue weighted by molar-refractivity contribution is 6.13. The fourth-order valence-corrected chi connectivity index (χ4v) is 3.84. The maximum atomic E-state index is 9.32. The van der Waals surface area contributed by atoms with Gasteiger partial charge in [0.1, 0.15) is 0 Å². The molecular formula is C24H16N4. The lowest BCUT2D eigenvalue weighted by atomic mass is 10.0. The molecule has 132 valence electrons. The van der Waals surface area contributed by atoms with E-state index in [0.717, 1.165) is 27.7 Å². The summed E-state index contributed by atoms with van der Waals surface area (Å²) in [7, 11) is 0. The first-order valence-corrected chi connectivity index (χ1v) is 9.03. The van der Waals surface area contributed by atoms with E-state index in [1.807, 2.05) is 36.4 Å². The molecule has 0 bridgehead atoms. The van der Waals surface area contributed by atoms with Gasteiger partial charge >= 0.3 is 0 Å². The van der Waals surface area contributed by atoms with Gasteiger partial charge in [-0.25, -0.2) is 0 Å². The number of fused-ring (bicyclic) bond motifs is 1. The first-order valence-electron chi connectivity index (χ1n) is 9.03. The Balaban J connectivity index is 1.48. The number of guanidine groups is 1. The summed E-state index contributed by atoms with van der Waals surface area (Å²) in [5, 5.41) is 28.3. The third-order valence-electron chi connectivity index (χ3n) is 5.11. The van der Waals surface area contributed by atoms with E-state index in [9.17, 15) is 5.26 Å². The molecule has 0 atom stereocenters. The molecule has 4 aromatic rings. The summed E-state index contributed by atoms with van der Waals surface area (Å²) in [4.78, 5) is 0. The van der Waals surface area contributed by atoms with Gasteiger partial charge in [-0.15, -0.1) is 0 Å². The topological polar surface area (TPSA) is 71.7 Å². The van der Waals surface area contributed by atoms with Crippen molar-refractivity contribution in [3.05, 3.63) is 83.4 Å². The van der Waals surface area contributed by atoms with E-state index in [-0.39, 0.29) is 5.96 Å². The van der Waals surface area contributed by atoms with Crippen LogP contribution in [0.4, 0.5) is 11.4 Å². The van der Waals surface area contributed by atoms with Crippen LogP contribution in [0.5, 0.6) is 0 Å². The highest BCUT2D eigenvalue weighted by Gasteiger charge is 2.14. The lowest BCUT2D eigenvalue weighted by Gasteiger charge is -2.15. The van der Waals surface area contributed by atoms with Gasteiger partial charge in [-0.2, -0.15) is 5.26 Å². The van der Waals surface area contributed by atoms with E-state index in [0.29, 0.717) is 5.56 Å². The number of benzene rings is 4. The molecule has 0 saturated carbocycles. The van der Waals surface area contributed by atoms with E-state index >= 15 is 0 Å². The number of nitrogens with zero attached hydrogens (tertiary/aromatic N) is 1. The Morgan fingerprint density at radius 3 is 2.43 bits per heavy atom. The molecule has 0 saturated heterocycles. The highest BCUT2D eigenvalue weighted by atomic mass is 15.1. The Kier molecular flexibility index (Phi) is 3.60. The van der Waals surface area contributed by atoms with Gasteiger partial charge in [0.15, 0.2) is 5.96 Å². The van der Waals surface area contributed by atoms with Crippen LogP contribution in [0, 0.1) is 16.7 Å². The van der Waals surface area contributed by atoms with Crippen LogP contribution in [-0.2, 0) is 0 Å². The monoisotopic (exact) mass is 360 g/mol. The maximum absolute atomic E-state index is 9.32. The minimum Gasteiger partial charge on any atom is -0.326 e. The molecule has 0 radical (unpaired) electrons. The fourth-order valence-electron chi connectivity index (χ4n) is 3.84. The normalized spacial score (nSPS) is 11.5. The number of hydrogen-bond acceptors (Lipinski definition) is 2. The van der Waals surface area contributed by atoms with E-state index in [1.54, 1.807) is 6.07 Å². The van der Waals surface area contributed by atoms with Crippen molar-refractivity contribution >= 4 is 51.0 Å². The highest BCUT2D eigenvalue weighted by Crippen LogP contribution is 2.36. The standard InChI is InChI=1S/C24H16N4/c25-14-17-10-13-21(19-7-2-1-6-18(17)19)27-24(26)28-22-12-9-16-5-3-4-15-8-11-20(22)23(15)16/h1-13H,(H3,26,27,28). The van der Waals surface area contributed by atoms with Crippen LogP contribution < -0.4 is 10.6 Å². The predicted octanol–water partition coefficient (Wildman–Crippen LogP) is 5.81. The van der Waals surface area contributed by atoms with Crippen LogP contribution in [0.25, 0.3) is 33.7 Å². The van der Waals surface area contributed by atoms with Gasteiger partial charge in [0, 0.05) is 27.7 Å². The summed E-state index contributed by atoms with van der Waals surface area (Å²) < 4.78 is 0. The van der Waals surface area contributed by atoms with Gasteiger partial charge in [0.05, 0.1) is 11.6 Å². The molecule has 1 aliphatic carbocycles. The van der Waals surface area contributed by atoms with Gasteiger partial charge < -0.3 is 10.6 Å². The first kappa shape index (κ1) is 16.1. The molecule has 4 nitrogen and oxygen atoms in total. The van der Waals surface area contributed by atoms with Crippen molar-refractivity contribution in [3.8, 4) is 6.07 Å². The molecule has 0 aliphatic heterocycles. The first-order chi connectivity index (χ1) is 13.7. The van der Waals surface area contributed by atoms with Gasteiger partial charge in [0.2, 0.25) is 0 Å². The predicted molar refractivity (Wildman–Crippen MR) is 117 cm³/mol. The molecule has 0 fully saturated rings. The van der Waals surface area contributed by atoms with Crippen LogP contribution >= 0.6 is 0 Å². The summed E-state index contributed by atoms with van der Waals surface area (Å²) in [6, 6.07) is 23.9. The average Bonchev–Trinajstić information content (AvgIpc) is 3.16. The lowest BCUT2D eigenvalue weighted by Crippen LogP contribution is -2.21. The van der Waals surface area contributed by atoms with Crippen molar-refractivity contribution in [2.45, 2.75) is 0 Å². The van der Waals surface area contributed by atoms with E-state index in [4.69, 9.17) is 5.41 Å². The molecule has 5 rings (SSSR count). The van der Waals surface area contributed by atoms with E-state index in [1.165, 1.54) is 16.3 Å². The number of anilines is 2. The minimum absolute atomic E-state index is 0.184. The van der Waals surface area contributed by atoms with Crippen molar-refractivity contribution in [2.75, 3.05) is 10.6 Å². The van der Waals surface area contributed by atoms with Gasteiger partial charge in [-0.3, -0.25) is 5.41 Å². The van der Waals surface area contributed by atoms with Crippen LogP contribution in [0.2, 0.25) is 0 Å². The van der Waals surface area contributed by atoms with Crippen LogP contribution in [0.15, 0.2) is 66.7 Å². The lowest BCUT2D eigenvalue weighted by molar-refractivity contribution is 1.43. The fraction of sp³-hybridized carbons (Fsp3) is 0. The van der Waals surface area contributed by atoms with Crippen LogP contribution in [0.3, 0.4) is 0 Å². The van der Waals surface area contributed by atoms with Crippen molar-refractivity contribution in [2.24, 2.45) is 0 Å². The Labute approximate surface area is 162 Å². The second-order valence-corrected chi connectivity index (χ2v) is 6.75. The molecule has 0 unspecified atom stereocenters. The molecule has 4 aromatic carbocycles. The Morgan fingerprint density at radius 1 is 0.786 bits per heavy atom. The number of hydrogen-bond donors (Lipinski definition) is 3. The van der Waals surface area contributed by atoms with E-state index < -0.39 is 0 Å². The third kappa shape index (κ3) is 2.50. The zero-order valence-electron chi connectivity index (χ0n) is 15.0. The molecule has 1 aliphatic rings. The molecular weight excluding hydrogens is 344 g/mol. The summed E-state index contributed by atoms with van der Waals surface area (Å²) in [5.41, 5.74) is 4.61. The van der Waals surface area contributed by atoms with E-state index in [2.05, 4.69) is 53.1 Å². The van der Waals surface area contributed by atoms with Crippen molar-refractivity contribution in [1.29, 1.82) is 10.7 Å². The van der Waals surface area contributed by atoms with Gasteiger partial charge in [-0.1, -0.05) is 60.7 Å². The van der Waals surface area contributed by atoms with Crippen LogP contribution in [0.1, 0.15) is 16.7 Å². The van der Waals surface area contributed by atoms with Crippen molar-refractivity contribution < 1.29 is 0 Å². The van der Waals surface area contributed by atoms with Crippen molar-refractivity contribution in [1.82, 2.24) is 0 Å². The molecule has 0 aromatic heterocycles. The molecule has 0 heterocycles. The largest absolute Gasteiger partial charge is 0.326 e. The summed E-state index contributed by atoms with van der Waals surface area (Å²) in [6.45, 7) is 0. The summed E-state index contributed by atoms with van der Waals surface area (Å²) >= 11 is 0. The number of nitrogens with one attached hydrogen (secondary N) is 3. The average molecular weight is 360 g/mol. The Morgan fingerprint density at radius 2 is 1.57 bits per heavy atom. The Hall–Kier alpha value is -4.10.